The molecule has 5 heteroatoms. The molecule has 90 valence electrons. The highest BCUT2D eigenvalue weighted by Crippen LogP contribution is 2.13. The van der Waals surface area contributed by atoms with Gasteiger partial charge in [-0.2, -0.15) is 5.10 Å². The Hall–Kier alpha value is -2.01. The van der Waals surface area contributed by atoms with Crippen molar-refractivity contribution in [2.45, 2.75) is 13.2 Å². The molecular formula is C12H15N3O2. The van der Waals surface area contributed by atoms with Gasteiger partial charge in [-0.3, -0.25) is 4.68 Å². The molecule has 1 aromatic carbocycles. The van der Waals surface area contributed by atoms with Crippen molar-refractivity contribution in [3.63, 3.8) is 0 Å². The van der Waals surface area contributed by atoms with Gasteiger partial charge in [0.25, 0.3) is 0 Å². The first kappa shape index (κ1) is 11.5. The second-order valence-corrected chi connectivity index (χ2v) is 3.69. The summed E-state index contributed by atoms with van der Waals surface area (Å²) in [5.41, 5.74) is 7.03. The van der Waals surface area contributed by atoms with E-state index in [1.165, 1.54) is 0 Å². The second-order valence-electron chi connectivity index (χ2n) is 3.69. The minimum absolute atomic E-state index is 0.0207. The van der Waals surface area contributed by atoms with Crippen LogP contribution in [-0.2, 0) is 13.2 Å². The second kappa shape index (κ2) is 5.36. The zero-order valence-corrected chi connectivity index (χ0v) is 9.41. The summed E-state index contributed by atoms with van der Waals surface area (Å²) in [4.78, 5) is 0. The Morgan fingerprint density at radius 3 is 3.00 bits per heavy atom. The Morgan fingerprint density at radius 2 is 2.29 bits per heavy atom. The number of nitrogens with two attached hydrogens (primary N) is 1. The van der Waals surface area contributed by atoms with E-state index < -0.39 is 0 Å². The van der Waals surface area contributed by atoms with Crippen LogP contribution in [0.25, 0.3) is 0 Å². The Balaban J connectivity index is 1.85. The molecule has 0 fully saturated rings. The van der Waals surface area contributed by atoms with Gasteiger partial charge in [0, 0.05) is 6.20 Å². The number of rotatable bonds is 5. The van der Waals surface area contributed by atoms with E-state index in [2.05, 4.69) is 5.10 Å². The molecule has 3 N–H and O–H groups in total. The highest BCUT2D eigenvalue weighted by atomic mass is 16.5. The smallest absolute Gasteiger partial charge is 0.119 e. The van der Waals surface area contributed by atoms with E-state index in [1.54, 1.807) is 17.1 Å². The van der Waals surface area contributed by atoms with Crippen LogP contribution < -0.4 is 10.5 Å². The van der Waals surface area contributed by atoms with Crippen LogP contribution in [0.15, 0.2) is 36.7 Å². The molecule has 0 atom stereocenters. The van der Waals surface area contributed by atoms with Gasteiger partial charge in [-0.1, -0.05) is 12.1 Å². The molecule has 0 saturated heterocycles. The number of nitrogen functional groups attached to an aromatic ring is 1. The Labute approximate surface area is 99.4 Å². The minimum Gasteiger partial charge on any atom is -0.492 e. The number of nitrogens with zero attached hydrogens (tertiary/aromatic N) is 2. The van der Waals surface area contributed by atoms with Crippen molar-refractivity contribution >= 4 is 5.69 Å². The van der Waals surface area contributed by atoms with Gasteiger partial charge >= 0.3 is 0 Å². The van der Waals surface area contributed by atoms with Gasteiger partial charge < -0.3 is 15.6 Å². The van der Waals surface area contributed by atoms with Gasteiger partial charge in [0.1, 0.15) is 12.4 Å². The number of anilines is 1. The molecule has 5 nitrogen and oxygen atoms in total. The van der Waals surface area contributed by atoms with Gasteiger partial charge in [-0.05, 0) is 17.7 Å². The number of aliphatic hydroxyl groups is 1. The van der Waals surface area contributed by atoms with Crippen LogP contribution in [0.5, 0.6) is 5.75 Å². The van der Waals surface area contributed by atoms with Gasteiger partial charge in [-0.25, -0.2) is 0 Å². The topological polar surface area (TPSA) is 73.3 Å². The van der Waals surface area contributed by atoms with Crippen molar-refractivity contribution in [1.82, 2.24) is 9.78 Å². The quantitative estimate of drug-likeness (QED) is 0.809. The largest absolute Gasteiger partial charge is 0.492 e. The van der Waals surface area contributed by atoms with Crippen LogP contribution in [-0.4, -0.2) is 21.5 Å². The third-order valence-corrected chi connectivity index (χ3v) is 2.32. The summed E-state index contributed by atoms with van der Waals surface area (Å²) < 4.78 is 7.28. The Bertz CT molecular complexity index is 482. The zero-order valence-electron chi connectivity index (χ0n) is 9.41. The molecule has 2 aromatic rings. The fourth-order valence-corrected chi connectivity index (χ4v) is 1.49. The predicted octanol–water partition coefficient (Wildman–Crippen LogP) is 1.04. The standard InChI is InChI=1S/C12H15N3O2/c13-11-7-14-15(8-11)4-5-17-12-3-1-2-10(6-12)9-16/h1-3,6-8,16H,4-5,9,13H2. The first-order valence-electron chi connectivity index (χ1n) is 5.38. The SMILES string of the molecule is Nc1cnn(CCOc2cccc(CO)c2)c1. The number of hydrogen-bond acceptors (Lipinski definition) is 4. The first-order valence-corrected chi connectivity index (χ1v) is 5.38. The van der Waals surface area contributed by atoms with Gasteiger partial charge in [0.2, 0.25) is 0 Å². The normalized spacial score (nSPS) is 10.4. The average Bonchev–Trinajstić information content (AvgIpc) is 2.75. The maximum absolute atomic E-state index is 8.98. The molecule has 0 aliphatic heterocycles. The maximum Gasteiger partial charge on any atom is 0.119 e. The summed E-state index contributed by atoms with van der Waals surface area (Å²) in [6, 6.07) is 7.38. The monoisotopic (exact) mass is 233 g/mol. The van der Waals surface area contributed by atoms with E-state index >= 15 is 0 Å². The Morgan fingerprint density at radius 1 is 1.41 bits per heavy atom. The van der Waals surface area contributed by atoms with Crippen molar-refractivity contribution in [2.24, 2.45) is 0 Å². The van der Waals surface area contributed by atoms with Crippen LogP contribution in [0.2, 0.25) is 0 Å². The van der Waals surface area contributed by atoms with Crippen molar-refractivity contribution in [3.05, 3.63) is 42.2 Å². The van der Waals surface area contributed by atoms with Gasteiger partial charge in [0.05, 0.1) is 25.0 Å². The van der Waals surface area contributed by atoms with Crippen LogP contribution in [0.4, 0.5) is 5.69 Å². The highest BCUT2D eigenvalue weighted by molar-refractivity contribution is 5.30. The number of aromatic nitrogens is 2. The van der Waals surface area contributed by atoms with E-state index in [1.807, 2.05) is 24.3 Å². The average molecular weight is 233 g/mol. The summed E-state index contributed by atoms with van der Waals surface area (Å²) in [6.45, 7) is 1.17. The fourth-order valence-electron chi connectivity index (χ4n) is 1.49. The molecule has 0 aliphatic rings. The van der Waals surface area contributed by atoms with Crippen molar-refractivity contribution < 1.29 is 9.84 Å². The summed E-state index contributed by atoms with van der Waals surface area (Å²) >= 11 is 0. The lowest BCUT2D eigenvalue weighted by molar-refractivity contribution is 0.275. The van der Waals surface area contributed by atoms with E-state index in [4.69, 9.17) is 15.6 Å². The molecule has 0 unspecified atom stereocenters. The minimum atomic E-state index is 0.0207. The maximum atomic E-state index is 8.98. The summed E-state index contributed by atoms with van der Waals surface area (Å²) in [6.07, 6.45) is 3.36. The molecule has 17 heavy (non-hydrogen) atoms. The predicted molar refractivity (Wildman–Crippen MR) is 64.5 cm³/mol. The molecule has 1 heterocycles. The highest BCUT2D eigenvalue weighted by Gasteiger charge is 1.97. The van der Waals surface area contributed by atoms with Crippen LogP contribution in [0, 0.1) is 0 Å². The number of aliphatic hydroxyl groups excluding tert-OH is 1. The van der Waals surface area contributed by atoms with E-state index in [-0.39, 0.29) is 6.61 Å². The van der Waals surface area contributed by atoms with Crippen molar-refractivity contribution in [3.8, 4) is 5.75 Å². The van der Waals surface area contributed by atoms with E-state index in [0.29, 0.717) is 18.8 Å². The van der Waals surface area contributed by atoms with Crippen LogP contribution in [0.3, 0.4) is 0 Å². The van der Waals surface area contributed by atoms with Crippen molar-refractivity contribution in [1.29, 1.82) is 0 Å². The molecular weight excluding hydrogens is 218 g/mol. The van der Waals surface area contributed by atoms with Crippen molar-refractivity contribution in [2.75, 3.05) is 12.3 Å². The molecule has 0 saturated carbocycles. The van der Waals surface area contributed by atoms with Crippen LogP contribution >= 0.6 is 0 Å². The molecule has 1 aromatic heterocycles. The first-order chi connectivity index (χ1) is 8.28. The lowest BCUT2D eigenvalue weighted by atomic mass is 10.2. The zero-order chi connectivity index (χ0) is 12.1. The third-order valence-electron chi connectivity index (χ3n) is 2.32. The van der Waals surface area contributed by atoms with Gasteiger partial charge in [0.15, 0.2) is 0 Å². The number of hydrogen-bond donors (Lipinski definition) is 2. The molecule has 0 amide bonds. The van der Waals surface area contributed by atoms with E-state index in [9.17, 15) is 0 Å². The van der Waals surface area contributed by atoms with Gasteiger partial charge in [-0.15, -0.1) is 0 Å². The summed E-state index contributed by atoms with van der Waals surface area (Å²) in [7, 11) is 0. The number of benzene rings is 1. The fraction of sp³-hybridized carbons (Fsp3) is 0.250. The molecule has 0 radical (unpaired) electrons. The summed E-state index contributed by atoms with van der Waals surface area (Å²) in [5, 5.41) is 13.0. The number of ether oxygens (including phenoxy) is 1. The van der Waals surface area contributed by atoms with E-state index in [0.717, 1.165) is 11.3 Å². The molecule has 0 aliphatic carbocycles. The Kier molecular flexibility index (Phi) is 3.62. The molecule has 2 rings (SSSR count). The third kappa shape index (κ3) is 3.22. The molecule has 0 bridgehead atoms. The summed E-state index contributed by atoms with van der Waals surface area (Å²) in [5.74, 6) is 0.747. The lowest BCUT2D eigenvalue weighted by Crippen LogP contribution is -2.08. The van der Waals surface area contributed by atoms with Crippen LogP contribution in [0.1, 0.15) is 5.56 Å². The lowest BCUT2D eigenvalue weighted by Gasteiger charge is -2.07. The molecule has 0 spiro atoms.